The zero-order valence-corrected chi connectivity index (χ0v) is 13.0. The Balaban J connectivity index is 2.40. The number of nitrogens with one attached hydrogen (secondary N) is 2. The molecule has 2 heterocycles. The van der Waals surface area contributed by atoms with Crippen LogP contribution in [0.15, 0.2) is 11.4 Å². The second-order valence-corrected chi connectivity index (χ2v) is 5.86. The molecule has 1 amide bonds. The number of thiophene rings is 1. The number of anilines is 1. The molecule has 2 aromatic heterocycles. The van der Waals surface area contributed by atoms with E-state index in [0.717, 1.165) is 28.3 Å². The number of aryl methyl sites for hydroxylation is 1. The molecule has 2 N–H and O–H groups in total. The van der Waals surface area contributed by atoms with Gasteiger partial charge in [-0.2, -0.15) is 0 Å². The van der Waals surface area contributed by atoms with Crippen LogP contribution < -0.4 is 10.6 Å². The number of carbonyl (C=O) groups excluding carboxylic acids is 1. The zero-order chi connectivity index (χ0) is 14.7. The van der Waals surface area contributed by atoms with Crippen molar-refractivity contribution >= 4 is 33.3 Å². The van der Waals surface area contributed by atoms with Gasteiger partial charge in [-0.1, -0.05) is 20.8 Å². The third-order valence-electron chi connectivity index (χ3n) is 3.18. The predicted octanol–water partition coefficient (Wildman–Crippen LogP) is 2.44. The Morgan fingerprint density at radius 1 is 1.40 bits per heavy atom. The third kappa shape index (κ3) is 2.90. The van der Waals surface area contributed by atoms with Gasteiger partial charge in [0.05, 0.1) is 5.39 Å². The van der Waals surface area contributed by atoms with E-state index in [1.807, 2.05) is 32.2 Å². The molecule has 108 valence electrons. The molecule has 20 heavy (non-hydrogen) atoms. The Hall–Kier alpha value is -1.69. The molecule has 0 saturated carbocycles. The van der Waals surface area contributed by atoms with Gasteiger partial charge in [-0.15, -0.1) is 11.3 Å². The Morgan fingerprint density at radius 3 is 2.75 bits per heavy atom. The van der Waals surface area contributed by atoms with Gasteiger partial charge in [0.25, 0.3) is 0 Å². The van der Waals surface area contributed by atoms with Crippen molar-refractivity contribution in [2.45, 2.75) is 33.2 Å². The molecule has 0 aliphatic rings. The normalized spacial score (nSPS) is 12.7. The molecule has 6 heteroatoms. The molecular formula is C14H20N4OS. The first kappa shape index (κ1) is 14.7. The van der Waals surface area contributed by atoms with Gasteiger partial charge in [-0.05, 0) is 17.4 Å². The summed E-state index contributed by atoms with van der Waals surface area (Å²) in [4.78, 5) is 22.0. The molecule has 0 saturated heterocycles. The highest BCUT2D eigenvalue weighted by atomic mass is 32.1. The van der Waals surface area contributed by atoms with Crippen LogP contribution in [-0.2, 0) is 11.2 Å². The fourth-order valence-corrected chi connectivity index (χ4v) is 2.79. The lowest BCUT2D eigenvalue weighted by Crippen LogP contribution is -2.41. The first-order valence-corrected chi connectivity index (χ1v) is 7.67. The lowest BCUT2D eigenvalue weighted by molar-refractivity contribution is -0.122. The number of fused-ring (bicyclic) bond motifs is 1. The first-order chi connectivity index (χ1) is 9.56. The van der Waals surface area contributed by atoms with E-state index in [-0.39, 0.29) is 17.9 Å². The van der Waals surface area contributed by atoms with Crippen LogP contribution in [0, 0.1) is 5.92 Å². The van der Waals surface area contributed by atoms with Crippen molar-refractivity contribution in [1.29, 1.82) is 0 Å². The van der Waals surface area contributed by atoms with Crippen LogP contribution in [0.5, 0.6) is 0 Å². The standard InChI is InChI=1S/C14H20N4OS/c1-5-10-16-12(9-6-7-20-14(9)17-10)18-11(8(2)3)13(19)15-4/h6-8,11H,5H2,1-4H3,(H,15,19)(H,16,17,18). The average molecular weight is 292 g/mol. The van der Waals surface area contributed by atoms with Crippen molar-refractivity contribution in [2.24, 2.45) is 5.92 Å². The third-order valence-corrected chi connectivity index (χ3v) is 3.98. The highest BCUT2D eigenvalue weighted by molar-refractivity contribution is 7.16. The van der Waals surface area contributed by atoms with E-state index in [1.165, 1.54) is 0 Å². The number of aromatic nitrogens is 2. The molecule has 2 aromatic rings. The summed E-state index contributed by atoms with van der Waals surface area (Å²) in [5.74, 6) is 1.68. The van der Waals surface area contributed by atoms with Crippen LogP contribution in [0.1, 0.15) is 26.6 Å². The minimum atomic E-state index is -0.303. The fourth-order valence-electron chi connectivity index (χ4n) is 2.01. The topological polar surface area (TPSA) is 66.9 Å². The number of nitrogens with zero attached hydrogens (tertiary/aromatic N) is 2. The summed E-state index contributed by atoms with van der Waals surface area (Å²) >= 11 is 1.59. The minimum Gasteiger partial charge on any atom is -0.358 e. The van der Waals surface area contributed by atoms with E-state index >= 15 is 0 Å². The van der Waals surface area contributed by atoms with Gasteiger partial charge in [0.2, 0.25) is 5.91 Å². The molecule has 0 aliphatic carbocycles. The van der Waals surface area contributed by atoms with Crippen LogP contribution in [0.4, 0.5) is 5.82 Å². The van der Waals surface area contributed by atoms with Crippen molar-refractivity contribution in [1.82, 2.24) is 15.3 Å². The molecule has 0 aromatic carbocycles. The molecule has 0 spiro atoms. The van der Waals surface area contributed by atoms with E-state index in [1.54, 1.807) is 18.4 Å². The van der Waals surface area contributed by atoms with Gasteiger partial charge in [0.15, 0.2) is 0 Å². The van der Waals surface area contributed by atoms with Crippen molar-refractivity contribution in [3.8, 4) is 0 Å². The number of hydrogen-bond donors (Lipinski definition) is 2. The molecule has 1 atom stereocenters. The monoisotopic (exact) mass is 292 g/mol. The summed E-state index contributed by atoms with van der Waals surface area (Å²) in [6, 6.07) is 1.69. The molecule has 1 unspecified atom stereocenters. The van der Waals surface area contributed by atoms with E-state index < -0.39 is 0 Å². The summed E-state index contributed by atoms with van der Waals surface area (Å²) in [6.07, 6.45) is 0.773. The van der Waals surface area contributed by atoms with Gasteiger partial charge in [-0.3, -0.25) is 4.79 Å². The highest BCUT2D eigenvalue weighted by Gasteiger charge is 2.22. The maximum absolute atomic E-state index is 12.0. The van der Waals surface area contributed by atoms with E-state index in [9.17, 15) is 4.79 Å². The Bertz CT molecular complexity index is 608. The molecule has 2 rings (SSSR count). The lowest BCUT2D eigenvalue weighted by atomic mass is 10.0. The summed E-state index contributed by atoms with van der Waals surface area (Å²) in [6.45, 7) is 6.05. The van der Waals surface area contributed by atoms with Crippen molar-refractivity contribution in [3.63, 3.8) is 0 Å². The largest absolute Gasteiger partial charge is 0.358 e. The van der Waals surface area contributed by atoms with Crippen molar-refractivity contribution < 1.29 is 4.79 Å². The number of rotatable bonds is 5. The van der Waals surface area contributed by atoms with Crippen LogP contribution in [0.2, 0.25) is 0 Å². The zero-order valence-electron chi connectivity index (χ0n) is 12.2. The van der Waals surface area contributed by atoms with Crippen LogP contribution in [0.25, 0.3) is 10.2 Å². The number of hydrogen-bond acceptors (Lipinski definition) is 5. The average Bonchev–Trinajstić information content (AvgIpc) is 2.91. The fraction of sp³-hybridized carbons (Fsp3) is 0.500. The predicted molar refractivity (Wildman–Crippen MR) is 83.1 cm³/mol. The molecule has 0 fully saturated rings. The molecule has 0 radical (unpaired) electrons. The van der Waals surface area contributed by atoms with Gasteiger partial charge >= 0.3 is 0 Å². The Morgan fingerprint density at radius 2 is 2.15 bits per heavy atom. The number of carbonyl (C=O) groups is 1. The molecule has 5 nitrogen and oxygen atoms in total. The van der Waals surface area contributed by atoms with Gasteiger partial charge < -0.3 is 10.6 Å². The number of amides is 1. The summed E-state index contributed by atoms with van der Waals surface area (Å²) < 4.78 is 0. The van der Waals surface area contributed by atoms with Crippen molar-refractivity contribution in [2.75, 3.05) is 12.4 Å². The lowest BCUT2D eigenvalue weighted by Gasteiger charge is -2.21. The van der Waals surface area contributed by atoms with E-state index in [2.05, 4.69) is 20.6 Å². The minimum absolute atomic E-state index is 0.0277. The van der Waals surface area contributed by atoms with Gasteiger partial charge in [0.1, 0.15) is 22.5 Å². The Labute approximate surface area is 122 Å². The van der Waals surface area contributed by atoms with Crippen LogP contribution in [-0.4, -0.2) is 29.0 Å². The SMILES string of the molecule is CCc1nc(NC(C(=O)NC)C(C)C)c2ccsc2n1. The summed E-state index contributed by atoms with van der Waals surface area (Å²) in [5, 5.41) is 8.94. The van der Waals surface area contributed by atoms with Gasteiger partial charge in [0, 0.05) is 13.5 Å². The molecule has 0 bridgehead atoms. The second-order valence-electron chi connectivity index (χ2n) is 4.96. The summed E-state index contributed by atoms with van der Waals surface area (Å²) in [7, 11) is 1.65. The van der Waals surface area contributed by atoms with Crippen LogP contribution in [0.3, 0.4) is 0 Å². The van der Waals surface area contributed by atoms with E-state index in [0.29, 0.717) is 0 Å². The Kier molecular flexibility index (Phi) is 4.54. The van der Waals surface area contributed by atoms with Gasteiger partial charge in [-0.25, -0.2) is 9.97 Å². The summed E-state index contributed by atoms with van der Waals surface area (Å²) in [5.41, 5.74) is 0. The maximum Gasteiger partial charge on any atom is 0.242 e. The smallest absolute Gasteiger partial charge is 0.242 e. The highest BCUT2D eigenvalue weighted by Crippen LogP contribution is 2.26. The van der Waals surface area contributed by atoms with E-state index in [4.69, 9.17) is 0 Å². The molecule has 0 aliphatic heterocycles. The van der Waals surface area contributed by atoms with Crippen molar-refractivity contribution in [3.05, 3.63) is 17.3 Å². The maximum atomic E-state index is 12.0. The first-order valence-electron chi connectivity index (χ1n) is 6.79. The second kappa shape index (κ2) is 6.17. The number of likely N-dealkylation sites (N-methyl/N-ethyl adjacent to an activating group) is 1. The quantitative estimate of drug-likeness (QED) is 0.888. The van der Waals surface area contributed by atoms with Crippen LogP contribution >= 0.6 is 11.3 Å². The molecular weight excluding hydrogens is 272 g/mol.